The summed E-state index contributed by atoms with van der Waals surface area (Å²) in [5.41, 5.74) is 1.07. The largest absolute Gasteiger partial charge is 0.487 e. The number of rotatable bonds is 0. The molecule has 2 atom stereocenters. The quantitative estimate of drug-likeness (QED) is 0.755. The van der Waals surface area contributed by atoms with Crippen LogP contribution < -0.4 is 4.74 Å². The molecule has 1 aliphatic carbocycles. The lowest BCUT2D eigenvalue weighted by molar-refractivity contribution is -0.0677. The van der Waals surface area contributed by atoms with Crippen LogP contribution in [0.5, 0.6) is 5.75 Å². The van der Waals surface area contributed by atoms with Crippen molar-refractivity contribution in [3.05, 3.63) is 28.2 Å². The summed E-state index contributed by atoms with van der Waals surface area (Å²) in [6.07, 6.45) is 4.85. The normalized spacial score (nSPS) is 32.7. The second-order valence-electron chi connectivity index (χ2n) is 6.88. The van der Waals surface area contributed by atoms with Gasteiger partial charge in [-0.1, -0.05) is 29.8 Å². The first-order valence-electron chi connectivity index (χ1n) is 7.06. The molecule has 0 amide bonds. The molecule has 1 fully saturated rings. The van der Waals surface area contributed by atoms with Gasteiger partial charge in [-0.15, -0.1) is 0 Å². The number of aliphatic hydroxyl groups excluding tert-OH is 1. The molecule has 19 heavy (non-hydrogen) atoms. The van der Waals surface area contributed by atoms with Gasteiger partial charge in [0.05, 0.1) is 6.10 Å². The molecule has 1 aromatic rings. The molecule has 1 aliphatic heterocycles. The van der Waals surface area contributed by atoms with E-state index in [4.69, 9.17) is 4.74 Å². The first-order valence-corrected chi connectivity index (χ1v) is 7.85. The highest BCUT2D eigenvalue weighted by atomic mass is 79.9. The number of aliphatic hydroxyl groups is 1. The van der Waals surface area contributed by atoms with Gasteiger partial charge in [-0.3, -0.25) is 0 Å². The lowest BCUT2D eigenvalue weighted by Crippen LogP contribution is -2.47. The van der Waals surface area contributed by atoms with Gasteiger partial charge in [0, 0.05) is 16.5 Å². The highest BCUT2D eigenvalue weighted by Crippen LogP contribution is 2.51. The van der Waals surface area contributed by atoms with Crippen molar-refractivity contribution in [3.63, 3.8) is 0 Å². The molecule has 1 spiro atoms. The lowest BCUT2D eigenvalue weighted by atomic mass is 9.67. The summed E-state index contributed by atoms with van der Waals surface area (Å²) in [5, 5.41) is 10.5. The van der Waals surface area contributed by atoms with Crippen LogP contribution in [0.25, 0.3) is 0 Å². The molecule has 1 unspecified atom stereocenters. The standard InChI is InChI=1S/C16H21BrO2/c1-15(2)6-3-7-16(10-15)9-13(18)12-8-11(17)4-5-14(12)19-16/h4-5,8,13,18H,3,6-7,9-10H2,1-2H3/t13-,16?/m0/s1. The molecule has 0 radical (unpaired) electrons. The smallest absolute Gasteiger partial charge is 0.126 e. The number of halogens is 1. The van der Waals surface area contributed by atoms with Crippen molar-refractivity contribution in [2.45, 2.75) is 57.7 Å². The Morgan fingerprint density at radius 3 is 2.84 bits per heavy atom. The minimum atomic E-state index is -0.407. The first kappa shape index (κ1) is 13.4. The van der Waals surface area contributed by atoms with Gasteiger partial charge in [-0.2, -0.15) is 0 Å². The average molecular weight is 325 g/mol. The third kappa shape index (κ3) is 2.55. The van der Waals surface area contributed by atoms with E-state index >= 15 is 0 Å². The highest BCUT2D eigenvalue weighted by molar-refractivity contribution is 9.10. The van der Waals surface area contributed by atoms with Crippen LogP contribution in [0.1, 0.15) is 57.6 Å². The summed E-state index contributed by atoms with van der Waals surface area (Å²) < 4.78 is 7.33. The number of hydrogen-bond acceptors (Lipinski definition) is 2. The van der Waals surface area contributed by atoms with E-state index in [1.807, 2.05) is 18.2 Å². The molecule has 104 valence electrons. The molecule has 2 nitrogen and oxygen atoms in total. The SMILES string of the molecule is CC1(C)CCCC2(C[C@H](O)c3cc(Br)ccc3O2)C1. The number of benzene rings is 1. The van der Waals surface area contributed by atoms with Crippen molar-refractivity contribution in [3.8, 4) is 5.75 Å². The fourth-order valence-electron chi connectivity index (χ4n) is 3.81. The maximum absolute atomic E-state index is 10.5. The molecule has 0 aromatic heterocycles. The molecule has 1 saturated carbocycles. The van der Waals surface area contributed by atoms with Crippen LogP contribution in [-0.2, 0) is 0 Å². The highest BCUT2D eigenvalue weighted by Gasteiger charge is 2.46. The van der Waals surface area contributed by atoms with Gasteiger partial charge in [-0.05, 0) is 49.3 Å². The van der Waals surface area contributed by atoms with Crippen LogP contribution in [0, 0.1) is 5.41 Å². The molecule has 1 aromatic carbocycles. The van der Waals surface area contributed by atoms with Gasteiger partial charge in [0.15, 0.2) is 0 Å². The van der Waals surface area contributed by atoms with Crippen molar-refractivity contribution >= 4 is 15.9 Å². The third-order valence-corrected chi connectivity index (χ3v) is 5.00. The number of fused-ring (bicyclic) bond motifs is 1. The molecule has 1 N–H and O–H groups in total. The average Bonchev–Trinajstić information content (AvgIpc) is 2.29. The summed E-state index contributed by atoms with van der Waals surface area (Å²) in [5.74, 6) is 0.861. The third-order valence-electron chi connectivity index (χ3n) is 4.51. The Morgan fingerprint density at radius 2 is 2.11 bits per heavy atom. The zero-order valence-electron chi connectivity index (χ0n) is 11.6. The monoisotopic (exact) mass is 324 g/mol. The fourth-order valence-corrected chi connectivity index (χ4v) is 4.19. The number of hydrogen-bond donors (Lipinski definition) is 1. The van der Waals surface area contributed by atoms with E-state index in [1.165, 1.54) is 12.8 Å². The Balaban J connectivity index is 1.94. The molecular formula is C16H21BrO2. The van der Waals surface area contributed by atoms with Crippen molar-refractivity contribution in [2.75, 3.05) is 0 Å². The summed E-state index contributed by atoms with van der Waals surface area (Å²) in [7, 11) is 0. The van der Waals surface area contributed by atoms with Gasteiger partial charge in [-0.25, -0.2) is 0 Å². The van der Waals surface area contributed by atoms with Gasteiger partial charge in [0.1, 0.15) is 11.4 Å². The zero-order valence-corrected chi connectivity index (χ0v) is 13.2. The topological polar surface area (TPSA) is 29.5 Å². The Hall–Kier alpha value is -0.540. The Labute approximate surface area is 123 Å². The van der Waals surface area contributed by atoms with Crippen molar-refractivity contribution in [1.29, 1.82) is 0 Å². The fraction of sp³-hybridized carbons (Fsp3) is 0.625. The van der Waals surface area contributed by atoms with Crippen LogP contribution >= 0.6 is 15.9 Å². The second-order valence-corrected chi connectivity index (χ2v) is 7.80. The van der Waals surface area contributed by atoms with Crippen LogP contribution in [-0.4, -0.2) is 10.7 Å². The maximum atomic E-state index is 10.5. The Kier molecular flexibility index (Phi) is 3.18. The maximum Gasteiger partial charge on any atom is 0.126 e. The van der Waals surface area contributed by atoms with Gasteiger partial charge in [0.25, 0.3) is 0 Å². The number of ether oxygens (including phenoxy) is 1. The molecule has 0 bridgehead atoms. The van der Waals surface area contributed by atoms with Crippen LogP contribution in [0.3, 0.4) is 0 Å². The summed E-state index contributed by atoms with van der Waals surface area (Å²) in [4.78, 5) is 0. The van der Waals surface area contributed by atoms with E-state index in [9.17, 15) is 5.11 Å². The minimum Gasteiger partial charge on any atom is -0.487 e. The molecule has 3 rings (SSSR count). The van der Waals surface area contributed by atoms with E-state index in [0.29, 0.717) is 5.41 Å². The van der Waals surface area contributed by atoms with Crippen LogP contribution in [0.2, 0.25) is 0 Å². The van der Waals surface area contributed by atoms with Crippen molar-refractivity contribution < 1.29 is 9.84 Å². The van der Waals surface area contributed by atoms with Crippen molar-refractivity contribution in [2.24, 2.45) is 5.41 Å². The summed E-state index contributed by atoms with van der Waals surface area (Å²) in [6, 6.07) is 5.94. The van der Waals surface area contributed by atoms with Crippen LogP contribution in [0.15, 0.2) is 22.7 Å². The van der Waals surface area contributed by atoms with E-state index in [2.05, 4.69) is 29.8 Å². The summed E-state index contributed by atoms with van der Waals surface area (Å²) >= 11 is 3.46. The van der Waals surface area contributed by atoms with Crippen molar-refractivity contribution in [1.82, 2.24) is 0 Å². The predicted octanol–water partition coefficient (Wildman–Crippen LogP) is 4.60. The lowest BCUT2D eigenvalue weighted by Gasteiger charge is -2.48. The van der Waals surface area contributed by atoms with Gasteiger partial charge < -0.3 is 9.84 Å². The molecule has 2 aliphatic rings. The molecule has 0 saturated heterocycles. The van der Waals surface area contributed by atoms with E-state index in [-0.39, 0.29) is 5.60 Å². The first-order chi connectivity index (χ1) is 8.89. The minimum absolute atomic E-state index is 0.165. The van der Waals surface area contributed by atoms with E-state index < -0.39 is 6.10 Å². The Bertz CT molecular complexity index is 498. The van der Waals surface area contributed by atoms with Gasteiger partial charge >= 0.3 is 0 Å². The van der Waals surface area contributed by atoms with Gasteiger partial charge in [0.2, 0.25) is 0 Å². The van der Waals surface area contributed by atoms with Crippen LogP contribution in [0.4, 0.5) is 0 Å². The molecule has 3 heteroatoms. The second kappa shape index (κ2) is 4.49. The molecular weight excluding hydrogens is 304 g/mol. The molecule has 1 heterocycles. The van der Waals surface area contributed by atoms with E-state index in [1.54, 1.807) is 0 Å². The zero-order chi connectivity index (χ0) is 13.7. The summed E-state index contributed by atoms with van der Waals surface area (Å²) in [6.45, 7) is 4.61. The van der Waals surface area contributed by atoms with E-state index in [0.717, 1.165) is 35.0 Å². The predicted molar refractivity (Wildman–Crippen MR) is 79.3 cm³/mol. The Morgan fingerprint density at radius 1 is 1.32 bits per heavy atom.